The molecule has 6 nitrogen and oxygen atoms in total. The maximum absolute atomic E-state index is 12.6. The van der Waals surface area contributed by atoms with Crippen LogP contribution in [0.15, 0.2) is 33.4 Å². The number of nitrogens with one attached hydrogen (secondary N) is 2. The third-order valence-electron chi connectivity index (χ3n) is 5.59. The van der Waals surface area contributed by atoms with Crippen molar-refractivity contribution in [1.29, 1.82) is 0 Å². The summed E-state index contributed by atoms with van der Waals surface area (Å²) in [5.41, 5.74) is 1.47. The lowest BCUT2D eigenvalue weighted by Crippen LogP contribution is -3.19. The number of amides is 1. The highest BCUT2D eigenvalue weighted by atomic mass is 32.2. The number of rotatable bonds is 7. The molecule has 1 saturated heterocycles. The monoisotopic (exact) mass is 412 g/mol. The molecule has 0 unspecified atom stereocenters. The van der Waals surface area contributed by atoms with E-state index in [4.69, 9.17) is 0 Å². The van der Waals surface area contributed by atoms with Crippen molar-refractivity contribution in [3.63, 3.8) is 0 Å². The Labute approximate surface area is 166 Å². The van der Waals surface area contributed by atoms with Crippen molar-refractivity contribution in [3.8, 4) is 0 Å². The largest absolute Gasteiger partial charge is 0.351 e. The topological polar surface area (TPSA) is 70.9 Å². The molecule has 0 spiro atoms. The van der Waals surface area contributed by atoms with Crippen molar-refractivity contribution in [2.24, 2.45) is 0 Å². The maximum Gasteiger partial charge on any atom is 0.278 e. The summed E-state index contributed by atoms with van der Waals surface area (Å²) in [6.45, 7) is 4.87. The van der Waals surface area contributed by atoms with Crippen molar-refractivity contribution < 1.29 is 18.1 Å². The fraction of sp³-hybridized carbons (Fsp3) is 0.632. The molecule has 2 aliphatic rings. The van der Waals surface area contributed by atoms with Gasteiger partial charge in [0.2, 0.25) is 0 Å². The molecule has 1 atom stereocenters. The summed E-state index contributed by atoms with van der Waals surface area (Å²) in [6.07, 6.45) is 8.14. The third-order valence-corrected chi connectivity index (χ3v) is 8.86. The lowest BCUT2D eigenvalue weighted by molar-refractivity contribution is -0.917. The lowest BCUT2D eigenvalue weighted by atomic mass is 9.97. The van der Waals surface area contributed by atoms with Crippen LogP contribution in [0.4, 0.5) is 0 Å². The second-order valence-electron chi connectivity index (χ2n) is 7.37. The first kappa shape index (κ1) is 20.5. The van der Waals surface area contributed by atoms with E-state index in [1.165, 1.54) is 36.2 Å². The summed E-state index contributed by atoms with van der Waals surface area (Å²) in [6, 6.07) is 3.25. The quantitative estimate of drug-likeness (QED) is 0.657. The number of hydrogen-bond donors (Lipinski definition) is 2. The standard InChI is InChI=1S/C19H29N3O3S2/c1-16(19(23)20-10-9-17-6-3-2-4-7-17)21-11-13-22(14-12-21)27(24,25)18-8-5-15-26-18/h5-6,8,15-16H,2-4,7,9-14H2,1H3,(H,20,23)/p+1/t16-/m1/s1. The predicted molar refractivity (Wildman–Crippen MR) is 107 cm³/mol. The van der Waals surface area contributed by atoms with Gasteiger partial charge in [-0.15, -0.1) is 11.3 Å². The van der Waals surface area contributed by atoms with E-state index in [0.29, 0.717) is 36.9 Å². The van der Waals surface area contributed by atoms with Crippen molar-refractivity contribution in [2.75, 3.05) is 32.7 Å². The number of nitrogens with zero attached hydrogens (tertiary/aromatic N) is 1. The molecule has 1 amide bonds. The highest BCUT2D eigenvalue weighted by molar-refractivity contribution is 7.91. The number of hydrogen-bond acceptors (Lipinski definition) is 4. The Balaban J connectivity index is 1.44. The van der Waals surface area contributed by atoms with E-state index in [2.05, 4.69) is 11.4 Å². The zero-order valence-electron chi connectivity index (χ0n) is 15.9. The van der Waals surface area contributed by atoms with Gasteiger partial charge in [-0.25, -0.2) is 8.42 Å². The van der Waals surface area contributed by atoms with Gasteiger partial charge in [0.25, 0.3) is 15.9 Å². The molecule has 1 aliphatic heterocycles. The first-order valence-corrected chi connectivity index (χ1v) is 12.1. The number of carbonyl (C=O) groups excluding carboxylic acids is 1. The minimum absolute atomic E-state index is 0.0657. The summed E-state index contributed by atoms with van der Waals surface area (Å²) in [4.78, 5) is 13.6. The minimum atomic E-state index is -3.38. The fourth-order valence-corrected chi connectivity index (χ4v) is 6.39. The number of allylic oxidation sites excluding steroid dienone is 1. The molecule has 2 N–H and O–H groups in total. The van der Waals surface area contributed by atoms with Crippen LogP contribution in [0.25, 0.3) is 0 Å². The molecular weight excluding hydrogens is 382 g/mol. The third kappa shape index (κ3) is 5.19. The zero-order chi connectivity index (χ0) is 19.3. The zero-order valence-corrected chi connectivity index (χ0v) is 17.6. The van der Waals surface area contributed by atoms with Gasteiger partial charge in [-0.05, 0) is 50.5 Å². The second-order valence-corrected chi connectivity index (χ2v) is 10.5. The first-order chi connectivity index (χ1) is 13.0. The lowest BCUT2D eigenvalue weighted by Gasteiger charge is -2.33. The molecule has 150 valence electrons. The van der Waals surface area contributed by atoms with Crippen LogP contribution >= 0.6 is 11.3 Å². The van der Waals surface area contributed by atoms with Crippen molar-refractivity contribution in [1.82, 2.24) is 9.62 Å². The van der Waals surface area contributed by atoms with Crippen LogP contribution < -0.4 is 10.2 Å². The van der Waals surface area contributed by atoms with Gasteiger partial charge in [-0.2, -0.15) is 4.31 Å². The maximum atomic E-state index is 12.6. The molecule has 27 heavy (non-hydrogen) atoms. The Hall–Kier alpha value is -1.22. The smallest absolute Gasteiger partial charge is 0.278 e. The van der Waals surface area contributed by atoms with Gasteiger partial charge in [0.15, 0.2) is 6.04 Å². The van der Waals surface area contributed by atoms with Crippen LogP contribution in [-0.2, 0) is 14.8 Å². The van der Waals surface area contributed by atoms with Gasteiger partial charge in [-0.3, -0.25) is 4.79 Å². The number of piperazine rings is 1. The molecule has 0 aromatic carbocycles. The Morgan fingerprint density at radius 3 is 2.74 bits per heavy atom. The molecule has 2 heterocycles. The average Bonchev–Trinajstić information content (AvgIpc) is 3.24. The van der Waals surface area contributed by atoms with E-state index in [1.807, 2.05) is 6.92 Å². The van der Waals surface area contributed by atoms with E-state index in [9.17, 15) is 13.2 Å². The molecule has 0 bridgehead atoms. The van der Waals surface area contributed by atoms with E-state index >= 15 is 0 Å². The molecular formula is C19H30N3O3S2+. The van der Waals surface area contributed by atoms with Crippen LogP contribution in [0.3, 0.4) is 0 Å². The molecule has 1 aliphatic carbocycles. The van der Waals surface area contributed by atoms with Crippen molar-refractivity contribution in [2.45, 2.75) is 49.3 Å². The van der Waals surface area contributed by atoms with Gasteiger partial charge < -0.3 is 10.2 Å². The van der Waals surface area contributed by atoms with Gasteiger partial charge in [0.05, 0.1) is 26.2 Å². The molecule has 0 saturated carbocycles. The van der Waals surface area contributed by atoms with Gasteiger partial charge in [0, 0.05) is 6.54 Å². The van der Waals surface area contributed by atoms with E-state index in [1.54, 1.807) is 21.8 Å². The molecule has 1 aromatic heterocycles. The number of quaternary nitrogens is 1. The molecule has 8 heteroatoms. The summed E-state index contributed by atoms with van der Waals surface area (Å²) in [5, 5.41) is 4.84. The van der Waals surface area contributed by atoms with Crippen molar-refractivity contribution >= 4 is 27.3 Å². The van der Waals surface area contributed by atoms with Crippen LogP contribution in [0, 0.1) is 0 Å². The van der Waals surface area contributed by atoms with Crippen molar-refractivity contribution in [3.05, 3.63) is 29.2 Å². The summed E-state index contributed by atoms with van der Waals surface area (Å²) in [5.74, 6) is 0.0657. The highest BCUT2D eigenvalue weighted by Crippen LogP contribution is 2.21. The second kappa shape index (κ2) is 9.32. The first-order valence-electron chi connectivity index (χ1n) is 9.82. The van der Waals surface area contributed by atoms with Crippen LogP contribution in [0.5, 0.6) is 0 Å². The Morgan fingerprint density at radius 1 is 1.33 bits per heavy atom. The highest BCUT2D eigenvalue weighted by Gasteiger charge is 2.34. The van der Waals surface area contributed by atoms with Crippen LogP contribution in [-0.4, -0.2) is 57.4 Å². The number of sulfonamides is 1. The fourth-order valence-electron chi connectivity index (χ4n) is 3.80. The van der Waals surface area contributed by atoms with E-state index in [-0.39, 0.29) is 11.9 Å². The summed E-state index contributed by atoms with van der Waals surface area (Å²) >= 11 is 1.25. The summed E-state index contributed by atoms with van der Waals surface area (Å²) in [7, 11) is -3.38. The summed E-state index contributed by atoms with van der Waals surface area (Å²) < 4.78 is 27.1. The van der Waals surface area contributed by atoms with Gasteiger partial charge in [-0.1, -0.05) is 17.7 Å². The number of carbonyl (C=O) groups is 1. The normalized spacial score (nSPS) is 20.9. The Bertz CT molecular complexity index is 751. The van der Waals surface area contributed by atoms with Gasteiger partial charge in [0.1, 0.15) is 4.21 Å². The predicted octanol–water partition coefficient (Wildman–Crippen LogP) is 1.03. The molecule has 1 fully saturated rings. The Kier molecular flexibility index (Phi) is 7.08. The molecule has 0 radical (unpaired) electrons. The van der Waals surface area contributed by atoms with E-state index < -0.39 is 10.0 Å². The van der Waals surface area contributed by atoms with Crippen LogP contribution in [0.2, 0.25) is 0 Å². The van der Waals surface area contributed by atoms with E-state index in [0.717, 1.165) is 17.7 Å². The molecule has 1 aromatic rings. The number of thiophene rings is 1. The SMILES string of the molecule is C[C@H](C(=O)NCCC1=CCCCC1)[NH+]1CCN(S(=O)(=O)c2cccs2)CC1. The van der Waals surface area contributed by atoms with Gasteiger partial charge >= 0.3 is 0 Å². The van der Waals surface area contributed by atoms with Crippen LogP contribution in [0.1, 0.15) is 39.0 Å². The Morgan fingerprint density at radius 2 is 2.11 bits per heavy atom. The average molecular weight is 413 g/mol. The molecule has 3 rings (SSSR count). The minimum Gasteiger partial charge on any atom is -0.351 e.